The molecule has 0 unspecified atom stereocenters. The summed E-state index contributed by atoms with van der Waals surface area (Å²) in [6.07, 6.45) is 0. The number of aromatic nitrogens is 2. The maximum Gasteiger partial charge on any atom is 0.317 e. The van der Waals surface area contributed by atoms with E-state index in [0.29, 0.717) is 37.6 Å². The van der Waals surface area contributed by atoms with Crippen LogP contribution in [0.25, 0.3) is 11.4 Å². The smallest absolute Gasteiger partial charge is 0.317 e. The molecule has 1 saturated heterocycles. The number of benzene rings is 1. The fraction of sp³-hybridized carbons (Fsp3) is 0.353. The minimum absolute atomic E-state index is 0.0527. The van der Waals surface area contributed by atoms with Gasteiger partial charge >= 0.3 is 5.97 Å². The zero-order valence-electron chi connectivity index (χ0n) is 13.4. The lowest BCUT2D eigenvalue weighted by molar-refractivity contribution is -0.138. The topological polar surface area (TPSA) is 69.6 Å². The lowest BCUT2D eigenvalue weighted by Crippen LogP contribution is -2.48. The van der Waals surface area contributed by atoms with Crippen molar-refractivity contribution in [3.8, 4) is 11.4 Å². The van der Waals surface area contributed by atoms with E-state index in [1.807, 2.05) is 17.9 Å². The maximum absolute atomic E-state index is 14.0. The van der Waals surface area contributed by atoms with Crippen molar-refractivity contribution in [3.05, 3.63) is 41.8 Å². The minimum atomic E-state index is -0.817. The fourth-order valence-electron chi connectivity index (χ4n) is 2.80. The van der Waals surface area contributed by atoms with E-state index in [-0.39, 0.29) is 12.4 Å². The van der Waals surface area contributed by atoms with Crippen LogP contribution in [0.3, 0.4) is 0 Å². The highest BCUT2D eigenvalue weighted by atomic mass is 19.1. The highest BCUT2D eigenvalue weighted by Gasteiger charge is 2.21. The van der Waals surface area contributed by atoms with Crippen LogP contribution >= 0.6 is 0 Å². The van der Waals surface area contributed by atoms with E-state index in [2.05, 4.69) is 14.9 Å². The van der Waals surface area contributed by atoms with Crippen molar-refractivity contribution in [3.63, 3.8) is 0 Å². The van der Waals surface area contributed by atoms with Gasteiger partial charge in [0, 0.05) is 37.9 Å². The van der Waals surface area contributed by atoms with Crippen LogP contribution in [0, 0.1) is 12.7 Å². The number of piperazine rings is 1. The van der Waals surface area contributed by atoms with Gasteiger partial charge in [-0.15, -0.1) is 0 Å². The van der Waals surface area contributed by atoms with Crippen LogP contribution in [0.15, 0.2) is 30.3 Å². The van der Waals surface area contributed by atoms with Crippen molar-refractivity contribution in [2.75, 3.05) is 37.6 Å². The summed E-state index contributed by atoms with van der Waals surface area (Å²) in [6, 6.07) is 8.33. The molecule has 3 rings (SSSR count). The molecule has 24 heavy (non-hydrogen) atoms. The Labute approximate surface area is 139 Å². The molecule has 0 saturated carbocycles. The van der Waals surface area contributed by atoms with Gasteiger partial charge in [0.05, 0.1) is 12.1 Å². The van der Waals surface area contributed by atoms with E-state index in [1.54, 1.807) is 18.2 Å². The van der Waals surface area contributed by atoms with Gasteiger partial charge in [-0.3, -0.25) is 9.69 Å². The summed E-state index contributed by atoms with van der Waals surface area (Å²) in [5.41, 5.74) is 1.15. The van der Waals surface area contributed by atoms with Gasteiger partial charge < -0.3 is 10.0 Å². The molecule has 126 valence electrons. The molecule has 1 aromatic carbocycles. The van der Waals surface area contributed by atoms with Crippen LogP contribution in [0.5, 0.6) is 0 Å². The average Bonchev–Trinajstić information content (AvgIpc) is 2.55. The number of carbonyl (C=O) groups is 1. The van der Waals surface area contributed by atoms with Gasteiger partial charge in [-0.2, -0.15) is 0 Å². The molecule has 1 N–H and O–H groups in total. The molecule has 2 heterocycles. The second-order valence-electron chi connectivity index (χ2n) is 5.83. The third kappa shape index (κ3) is 3.68. The predicted octanol–water partition coefficient (Wildman–Crippen LogP) is 1.80. The van der Waals surface area contributed by atoms with Crippen LogP contribution in [-0.4, -0.2) is 58.7 Å². The third-order valence-electron chi connectivity index (χ3n) is 4.01. The van der Waals surface area contributed by atoms with Gasteiger partial charge in [-0.1, -0.05) is 12.1 Å². The molecule has 0 bridgehead atoms. The van der Waals surface area contributed by atoms with Gasteiger partial charge in [0.2, 0.25) is 0 Å². The Bertz CT molecular complexity index is 745. The number of carboxylic acid groups (broad SMARTS) is 1. The molecule has 1 aliphatic heterocycles. The summed E-state index contributed by atoms with van der Waals surface area (Å²) in [4.78, 5) is 23.6. The number of halogens is 1. The quantitative estimate of drug-likeness (QED) is 0.922. The first-order valence-corrected chi connectivity index (χ1v) is 7.82. The molecule has 1 aromatic heterocycles. The van der Waals surface area contributed by atoms with E-state index in [1.165, 1.54) is 6.07 Å². The van der Waals surface area contributed by atoms with Crippen molar-refractivity contribution in [2.45, 2.75) is 6.92 Å². The number of aliphatic carboxylic acids is 1. The molecule has 1 aliphatic rings. The highest BCUT2D eigenvalue weighted by molar-refractivity contribution is 5.69. The average molecular weight is 330 g/mol. The lowest BCUT2D eigenvalue weighted by Gasteiger charge is -2.34. The number of nitrogens with zero attached hydrogens (tertiary/aromatic N) is 4. The maximum atomic E-state index is 14.0. The molecule has 1 fully saturated rings. The summed E-state index contributed by atoms with van der Waals surface area (Å²) in [6.45, 7) is 4.59. The van der Waals surface area contributed by atoms with Crippen molar-refractivity contribution in [1.82, 2.24) is 14.9 Å². The number of rotatable bonds is 4. The Morgan fingerprint density at radius 2 is 1.92 bits per heavy atom. The Balaban J connectivity index is 1.80. The molecule has 2 aromatic rings. The highest BCUT2D eigenvalue weighted by Crippen LogP contribution is 2.23. The van der Waals surface area contributed by atoms with Gasteiger partial charge in [0.1, 0.15) is 11.6 Å². The second kappa shape index (κ2) is 6.92. The Hall–Kier alpha value is -2.54. The molecule has 0 amide bonds. The van der Waals surface area contributed by atoms with E-state index in [4.69, 9.17) is 5.11 Å². The zero-order chi connectivity index (χ0) is 17.1. The van der Waals surface area contributed by atoms with Gasteiger partial charge in [0.15, 0.2) is 5.82 Å². The van der Waals surface area contributed by atoms with E-state index in [0.717, 1.165) is 11.5 Å². The number of hydrogen-bond donors (Lipinski definition) is 1. The molecular formula is C17H19FN4O2. The number of hydrogen-bond acceptors (Lipinski definition) is 5. The normalized spacial score (nSPS) is 15.5. The molecule has 7 heteroatoms. The summed E-state index contributed by atoms with van der Waals surface area (Å²) in [5, 5.41) is 8.86. The first kappa shape index (κ1) is 16.3. The third-order valence-corrected chi connectivity index (χ3v) is 4.01. The lowest BCUT2D eigenvalue weighted by atomic mass is 10.2. The zero-order valence-corrected chi connectivity index (χ0v) is 13.4. The van der Waals surface area contributed by atoms with Gasteiger partial charge in [0.25, 0.3) is 0 Å². The molecule has 0 radical (unpaired) electrons. The van der Waals surface area contributed by atoms with Crippen molar-refractivity contribution < 1.29 is 14.3 Å². The van der Waals surface area contributed by atoms with Crippen LogP contribution in [0.1, 0.15) is 5.69 Å². The summed E-state index contributed by atoms with van der Waals surface area (Å²) < 4.78 is 14.0. The Morgan fingerprint density at radius 1 is 1.21 bits per heavy atom. The number of anilines is 1. The standard InChI is InChI=1S/C17H19FN4O2/c1-12-10-15(22-8-6-21(7-9-22)11-16(23)24)20-17(19-12)13-4-2-3-5-14(13)18/h2-5,10H,6-9,11H2,1H3,(H,23,24). The molecular weight excluding hydrogens is 311 g/mol. The first-order chi connectivity index (χ1) is 11.5. The van der Waals surface area contributed by atoms with Crippen molar-refractivity contribution >= 4 is 11.8 Å². The van der Waals surface area contributed by atoms with Crippen LogP contribution in [-0.2, 0) is 4.79 Å². The molecule has 0 aliphatic carbocycles. The van der Waals surface area contributed by atoms with Crippen LogP contribution < -0.4 is 4.90 Å². The first-order valence-electron chi connectivity index (χ1n) is 7.82. The Kier molecular flexibility index (Phi) is 4.71. The summed E-state index contributed by atoms with van der Waals surface area (Å²) in [7, 11) is 0. The van der Waals surface area contributed by atoms with E-state index in [9.17, 15) is 9.18 Å². The van der Waals surface area contributed by atoms with E-state index < -0.39 is 5.97 Å². The fourth-order valence-corrected chi connectivity index (χ4v) is 2.80. The summed E-state index contributed by atoms with van der Waals surface area (Å²) in [5.74, 6) is -0.0460. The monoisotopic (exact) mass is 330 g/mol. The van der Waals surface area contributed by atoms with Crippen molar-refractivity contribution in [2.24, 2.45) is 0 Å². The SMILES string of the molecule is Cc1cc(N2CCN(CC(=O)O)CC2)nc(-c2ccccc2F)n1. The van der Waals surface area contributed by atoms with Crippen LogP contribution in [0.4, 0.5) is 10.2 Å². The Morgan fingerprint density at radius 3 is 2.58 bits per heavy atom. The minimum Gasteiger partial charge on any atom is -0.480 e. The van der Waals surface area contributed by atoms with Crippen molar-refractivity contribution in [1.29, 1.82) is 0 Å². The summed E-state index contributed by atoms with van der Waals surface area (Å²) >= 11 is 0. The van der Waals surface area contributed by atoms with Gasteiger partial charge in [-0.25, -0.2) is 14.4 Å². The molecule has 6 nitrogen and oxygen atoms in total. The van der Waals surface area contributed by atoms with Crippen LogP contribution in [0.2, 0.25) is 0 Å². The largest absolute Gasteiger partial charge is 0.480 e. The molecule has 0 atom stereocenters. The number of carboxylic acids is 1. The number of aryl methyl sites for hydroxylation is 1. The second-order valence-corrected chi connectivity index (χ2v) is 5.83. The predicted molar refractivity (Wildman–Crippen MR) is 88.5 cm³/mol. The van der Waals surface area contributed by atoms with Gasteiger partial charge in [-0.05, 0) is 19.1 Å². The van der Waals surface area contributed by atoms with E-state index >= 15 is 0 Å². The molecule has 0 spiro atoms.